The van der Waals surface area contributed by atoms with Crippen molar-refractivity contribution in [2.24, 2.45) is 0 Å². The number of ether oxygens (including phenoxy) is 1. The van der Waals surface area contributed by atoms with Crippen molar-refractivity contribution in [2.45, 2.75) is 25.4 Å². The molecule has 1 saturated heterocycles. The Bertz CT molecular complexity index is 617. The Morgan fingerprint density at radius 1 is 1.18 bits per heavy atom. The second-order valence-corrected chi connectivity index (χ2v) is 5.87. The van der Waals surface area contributed by atoms with Gasteiger partial charge < -0.3 is 10.1 Å². The number of likely N-dealkylation sites (N-methyl/N-ethyl adjacent to an activating group) is 1. The fourth-order valence-electron chi connectivity index (χ4n) is 3.30. The van der Waals surface area contributed by atoms with Crippen LogP contribution in [0.3, 0.4) is 0 Å². The molecule has 3 nitrogen and oxygen atoms in total. The molecule has 0 bridgehead atoms. The molecule has 0 saturated carbocycles. The van der Waals surface area contributed by atoms with Gasteiger partial charge in [0.15, 0.2) is 0 Å². The van der Waals surface area contributed by atoms with Gasteiger partial charge in [0.1, 0.15) is 5.75 Å². The molecule has 4 heteroatoms. The minimum absolute atomic E-state index is 0. The lowest BCUT2D eigenvalue weighted by Gasteiger charge is -2.24. The van der Waals surface area contributed by atoms with E-state index in [-0.39, 0.29) is 12.4 Å². The van der Waals surface area contributed by atoms with Crippen LogP contribution in [0, 0.1) is 0 Å². The van der Waals surface area contributed by atoms with Crippen molar-refractivity contribution in [1.82, 2.24) is 10.2 Å². The Morgan fingerprint density at radius 3 is 2.73 bits per heavy atom. The highest BCUT2D eigenvalue weighted by molar-refractivity contribution is 5.85. The average Bonchev–Trinajstić information content (AvgIpc) is 2.94. The highest BCUT2D eigenvalue weighted by Gasteiger charge is 2.23. The number of fused-ring (bicyclic) bond motifs is 1. The van der Waals surface area contributed by atoms with Crippen LogP contribution in [0.1, 0.15) is 18.4 Å². The van der Waals surface area contributed by atoms with Crippen LogP contribution in [0.15, 0.2) is 36.4 Å². The maximum Gasteiger partial charge on any atom is 0.119 e. The first-order valence-electron chi connectivity index (χ1n) is 7.75. The van der Waals surface area contributed by atoms with Crippen molar-refractivity contribution in [3.05, 3.63) is 42.0 Å². The normalized spacial score (nSPS) is 18.4. The largest absolute Gasteiger partial charge is 0.497 e. The van der Waals surface area contributed by atoms with E-state index >= 15 is 0 Å². The second-order valence-electron chi connectivity index (χ2n) is 5.87. The summed E-state index contributed by atoms with van der Waals surface area (Å²) < 4.78 is 5.29. The lowest BCUT2D eigenvalue weighted by Crippen LogP contribution is -2.36. The Morgan fingerprint density at radius 2 is 1.95 bits per heavy atom. The molecule has 0 amide bonds. The van der Waals surface area contributed by atoms with Crippen LogP contribution < -0.4 is 10.1 Å². The van der Waals surface area contributed by atoms with Gasteiger partial charge in [0.05, 0.1) is 7.11 Å². The first kappa shape index (κ1) is 17.1. The zero-order valence-electron chi connectivity index (χ0n) is 13.3. The SMILES string of the molecule is CNCC1CCCN1Cc1ccc2cc(OC)ccc2c1.Cl. The summed E-state index contributed by atoms with van der Waals surface area (Å²) in [5, 5.41) is 5.84. The summed E-state index contributed by atoms with van der Waals surface area (Å²) in [6.07, 6.45) is 2.63. The summed E-state index contributed by atoms with van der Waals surface area (Å²) in [4.78, 5) is 2.60. The summed E-state index contributed by atoms with van der Waals surface area (Å²) in [6, 6.07) is 13.7. The van der Waals surface area contributed by atoms with E-state index in [0.717, 1.165) is 18.8 Å². The van der Waals surface area contributed by atoms with Gasteiger partial charge in [-0.05, 0) is 61.0 Å². The van der Waals surface area contributed by atoms with Crippen molar-refractivity contribution < 1.29 is 4.74 Å². The van der Waals surface area contributed by atoms with Crippen LogP contribution >= 0.6 is 12.4 Å². The molecule has 1 atom stereocenters. The van der Waals surface area contributed by atoms with Crippen LogP contribution in [0.2, 0.25) is 0 Å². The lowest BCUT2D eigenvalue weighted by atomic mass is 10.1. The third-order valence-corrected chi connectivity index (χ3v) is 4.44. The molecule has 1 aliphatic heterocycles. The molecule has 2 aromatic carbocycles. The van der Waals surface area contributed by atoms with E-state index in [1.54, 1.807) is 7.11 Å². The van der Waals surface area contributed by atoms with E-state index in [2.05, 4.69) is 40.5 Å². The zero-order chi connectivity index (χ0) is 14.7. The van der Waals surface area contributed by atoms with Crippen LogP contribution in [0.25, 0.3) is 10.8 Å². The summed E-state index contributed by atoms with van der Waals surface area (Å²) in [7, 11) is 3.75. The Kier molecular flexibility index (Phi) is 6.07. The molecular weight excluding hydrogens is 296 g/mol. The number of likely N-dealkylation sites (tertiary alicyclic amines) is 1. The summed E-state index contributed by atoms with van der Waals surface area (Å²) >= 11 is 0. The maximum atomic E-state index is 5.29. The molecule has 1 N–H and O–H groups in total. The highest BCUT2D eigenvalue weighted by atomic mass is 35.5. The maximum absolute atomic E-state index is 5.29. The van der Waals surface area contributed by atoms with Crippen LogP contribution in [0.5, 0.6) is 5.75 Å². The third-order valence-electron chi connectivity index (χ3n) is 4.44. The number of hydrogen-bond acceptors (Lipinski definition) is 3. The number of nitrogens with one attached hydrogen (secondary N) is 1. The second kappa shape index (κ2) is 7.82. The molecule has 1 heterocycles. The zero-order valence-corrected chi connectivity index (χ0v) is 14.2. The molecule has 0 aromatic heterocycles. The molecule has 3 rings (SSSR count). The van der Waals surface area contributed by atoms with Gasteiger partial charge >= 0.3 is 0 Å². The number of methoxy groups -OCH3 is 1. The topological polar surface area (TPSA) is 24.5 Å². The quantitative estimate of drug-likeness (QED) is 0.913. The number of halogens is 1. The number of benzene rings is 2. The predicted molar refractivity (Wildman–Crippen MR) is 95.1 cm³/mol. The van der Waals surface area contributed by atoms with E-state index in [1.165, 1.54) is 35.7 Å². The number of hydrogen-bond donors (Lipinski definition) is 1. The first-order valence-corrected chi connectivity index (χ1v) is 7.75. The van der Waals surface area contributed by atoms with Crippen LogP contribution in [0.4, 0.5) is 0 Å². The molecular formula is C18H25ClN2O. The van der Waals surface area contributed by atoms with Gasteiger partial charge in [0.25, 0.3) is 0 Å². The summed E-state index contributed by atoms with van der Waals surface area (Å²) in [5.74, 6) is 0.920. The standard InChI is InChI=1S/C18H24N2O.ClH/c1-19-12-17-4-3-9-20(17)13-14-5-6-16-11-18(21-2)8-7-15(16)10-14;/h5-8,10-11,17,19H,3-4,9,12-13H2,1-2H3;1H. The summed E-state index contributed by atoms with van der Waals surface area (Å²) in [5.41, 5.74) is 1.40. The summed E-state index contributed by atoms with van der Waals surface area (Å²) in [6.45, 7) is 3.35. The molecule has 120 valence electrons. The Hall–Kier alpha value is -1.29. The van der Waals surface area contributed by atoms with E-state index in [0.29, 0.717) is 6.04 Å². The third kappa shape index (κ3) is 3.72. The first-order chi connectivity index (χ1) is 10.3. The van der Waals surface area contributed by atoms with Gasteiger partial charge in [-0.2, -0.15) is 0 Å². The average molecular weight is 321 g/mol. The van der Waals surface area contributed by atoms with E-state index < -0.39 is 0 Å². The molecule has 0 aliphatic carbocycles. The van der Waals surface area contributed by atoms with Crippen molar-refractivity contribution in [2.75, 3.05) is 27.2 Å². The lowest BCUT2D eigenvalue weighted by molar-refractivity contribution is 0.242. The van der Waals surface area contributed by atoms with Crippen molar-refractivity contribution in [3.8, 4) is 5.75 Å². The van der Waals surface area contributed by atoms with Crippen LogP contribution in [-0.4, -0.2) is 38.2 Å². The number of rotatable bonds is 5. The van der Waals surface area contributed by atoms with Crippen molar-refractivity contribution in [3.63, 3.8) is 0 Å². The predicted octanol–water partition coefficient (Wildman–Crippen LogP) is 3.45. The van der Waals surface area contributed by atoms with E-state index in [1.807, 2.05) is 13.1 Å². The molecule has 22 heavy (non-hydrogen) atoms. The molecule has 1 fully saturated rings. The fraction of sp³-hybridized carbons (Fsp3) is 0.444. The van der Waals surface area contributed by atoms with Crippen molar-refractivity contribution in [1.29, 1.82) is 0 Å². The van der Waals surface area contributed by atoms with Crippen LogP contribution in [-0.2, 0) is 6.54 Å². The molecule has 1 unspecified atom stereocenters. The molecule has 1 aliphatic rings. The van der Waals surface area contributed by atoms with Gasteiger partial charge in [-0.3, -0.25) is 4.90 Å². The smallest absolute Gasteiger partial charge is 0.119 e. The van der Waals surface area contributed by atoms with E-state index in [9.17, 15) is 0 Å². The van der Waals surface area contributed by atoms with Gasteiger partial charge in [-0.15, -0.1) is 12.4 Å². The minimum atomic E-state index is 0. The van der Waals surface area contributed by atoms with Gasteiger partial charge in [0.2, 0.25) is 0 Å². The van der Waals surface area contributed by atoms with Gasteiger partial charge in [-0.25, -0.2) is 0 Å². The van der Waals surface area contributed by atoms with Gasteiger partial charge in [0, 0.05) is 19.1 Å². The Labute approximate surface area is 139 Å². The monoisotopic (exact) mass is 320 g/mol. The minimum Gasteiger partial charge on any atom is -0.497 e. The molecule has 0 spiro atoms. The highest BCUT2D eigenvalue weighted by Crippen LogP contribution is 2.24. The Balaban J connectivity index is 0.00000176. The van der Waals surface area contributed by atoms with Crippen molar-refractivity contribution >= 4 is 23.2 Å². The fourth-order valence-corrected chi connectivity index (χ4v) is 3.30. The van der Waals surface area contributed by atoms with E-state index in [4.69, 9.17) is 4.74 Å². The molecule has 0 radical (unpaired) electrons. The number of nitrogens with zero attached hydrogens (tertiary/aromatic N) is 1. The van der Waals surface area contributed by atoms with Gasteiger partial charge in [-0.1, -0.05) is 18.2 Å². The molecule has 2 aromatic rings.